The standard InChI is InChI=1S/C25H21FN4O2S/c1-32-19-12-8-16(9-13-19)22-14-23(17-6-10-18(26)11-7-17)30(29-22)24(31)15-33-25-27-20-4-2-3-5-21(20)28-25/h2-13,23H,14-15H2,1H3,(H,27,28)/t23-/m0/s1. The summed E-state index contributed by atoms with van der Waals surface area (Å²) in [5.74, 6) is 0.476. The van der Waals surface area contributed by atoms with Crippen LogP contribution in [-0.4, -0.2) is 39.5 Å². The Morgan fingerprint density at radius 1 is 1.12 bits per heavy atom. The SMILES string of the molecule is COc1ccc(C2=NN(C(=O)CSc3nc4ccccc4[nH]3)[C@H](c3ccc(F)cc3)C2)cc1. The summed E-state index contributed by atoms with van der Waals surface area (Å²) < 4.78 is 18.7. The molecule has 3 aromatic carbocycles. The van der Waals surface area contributed by atoms with Gasteiger partial charge in [0.05, 0.1) is 35.6 Å². The normalized spacial score (nSPS) is 15.6. The zero-order valence-electron chi connectivity index (χ0n) is 17.9. The van der Waals surface area contributed by atoms with Gasteiger partial charge >= 0.3 is 0 Å². The molecule has 166 valence electrons. The number of methoxy groups -OCH3 is 1. The van der Waals surface area contributed by atoms with Gasteiger partial charge in [-0.05, 0) is 59.7 Å². The highest BCUT2D eigenvalue weighted by molar-refractivity contribution is 7.99. The van der Waals surface area contributed by atoms with Crippen LogP contribution in [0.25, 0.3) is 11.0 Å². The number of H-pyrrole nitrogens is 1. The molecule has 6 nitrogen and oxygen atoms in total. The summed E-state index contributed by atoms with van der Waals surface area (Å²) >= 11 is 1.34. The molecule has 2 heterocycles. The fourth-order valence-electron chi connectivity index (χ4n) is 3.84. The molecule has 1 amide bonds. The van der Waals surface area contributed by atoms with Crippen molar-refractivity contribution < 1.29 is 13.9 Å². The summed E-state index contributed by atoms with van der Waals surface area (Å²) in [6, 6.07) is 21.3. The second-order valence-electron chi connectivity index (χ2n) is 7.63. The molecule has 4 aromatic rings. The van der Waals surface area contributed by atoms with Crippen LogP contribution in [0.2, 0.25) is 0 Å². The van der Waals surface area contributed by atoms with Gasteiger partial charge in [-0.1, -0.05) is 36.0 Å². The molecule has 1 atom stereocenters. The van der Waals surface area contributed by atoms with Gasteiger partial charge < -0.3 is 9.72 Å². The smallest absolute Gasteiger partial charge is 0.253 e. The first kappa shape index (κ1) is 21.2. The Morgan fingerprint density at radius 3 is 2.61 bits per heavy atom. The molecule has 0 fully saturated rings. The molecule has 0 radical (unpaired) electrons. The molecular weight excluding hydrogens is 439 g/mol. The second-order valence-corrected chi connectivity index (χ2v) is 8.60. The average molecular weight is 461 g/mol. The number of benzene rings is 3. The Morgan fingerprint density at radius 2 is 1.88 bits per heavy atom. The van der Waals surface area contributed by atoms with Crippen molar-refractivity contribution in [3.8, 4) is 5.75 Å². The summed E-state index contributed by atoms with van der Waals surface area (Å²) in [5.41, 5.74) is 4.35. The molecule has 1 aliphatic rings. The number of hydrogen-bond acceptors (Lipinski definition) is 5. The van der Waals surface area contributed by atoms with Gasteiger partial charge in [-0.15, -0.1) is 0 Å². The number of fused-ring (bicyclic) bond motifs is 1. The Hall–Kier alpha value is -3.65. The molecule has 1 aromatic heterocycles. The minimum atomic E-state index is -0.314. The Labute approximate surface area is 194 Å². The molecule has 0 saturated heterocycles. The number of nitrogens with zero attached hydrogens (tertiary/aromatic N) is 3. The highest BCUT2D eigenvalue weighted by Crippen LogP contribution is 2.34. The van der Waals surface area contributed by atoms with Crippen LogP contribution < -0.4 is 4.74 Å². The Balaban J connectivity index is 1.38. The zero-order chi connectivity index (χ0) is 22.8. The number of thioether (sulfide) groups is 1. The van der Waals surface area contributed by atoms with E-state index in [0.717, 1.165) is 33.6 Å². The summed E-state index contributed by atoms with van der Waals surface area (Å²) in [6.45, 7) is 0. The van der Waals surface area contributed by atoms with E-state index in [2.05, 4.69) is 15.1 Å². The quantitative estimate of drug-likeness (QED) is 0.403. The third-order valence-electron chi connectivity index (χ3n) is 5.54. The van der Waals surface area contributed by atoms with E-state index in [0.29, 0.717) is 11.6 Å². The summed E-state index contributed by atoms with van der Waals surface area (Å²) in [6.07, 6.45) is 0.541. The number of para-hydroxylation sites is 2. The number of rotatable bonds is 6. The van der Waals surface area contributed by atoms with Gasteiger partial charge in [0.1, 0.15) is 11.6 Å². The van der Waals surface area contributed by atoms with Crippen molar-refractivity contribution in [3.63, 3.8) is 0 Å². The van der Waals surface area contributed by atoms with Crippen molar-refractivity contribution in [2.75, 3.05) is 12.9 Å². The number of halogens is 1. The lowest BCUT2D eigenvalue weighted by Gasteiger charge is -2.21. The first-order chi connectivity index (χ1) is 16.1. The number of aromatic amines is 1. The summed E-state index contributed by atoms with van der Waals surface area (Å²) in [5, 5.41) is 6.87. The third-order valence-corrected chi connectivity index (χ3v) is 6.40. The maximum atomic E-state index is 13.5. The van der Waals surface area contributed by atoms with Crippen LogP contribution in [0.4, 0.5) is 4.39 Å². The van der Waals surface area contributed by atoms with Crippen LogP contribution in [-0.2, 0) is 4.79 Å². The number of ether oxygens (including phenoxy) is 1. The van der Waals surface area contributed by atoms with Crippen molar-refractivity contribution in [3.05, 3.63) is 89.7 Å². The van der Waals surface area contributed by atoms with E-state index >= 15 is 0 Å². The van der Waals surface area contributed by atoms with Crippen LogP contribution in [0.5, 0.6) is 5.75 Å². The minimum absolute atomic E-state index is 0.140. The van der Waals surface area contributed by atoms with Crippen LogP contribution in [0.1, 0.15) is 23.6 Å². The van der Waals surface area contributed by atoms with Crippen molar-refractivity contribution >= 4 is 34.4 Å². The van der Waals surface area contributed by atoms with Crippen molar-refractivity contribution in [2.24, 2.45) is 5.10 Å². The van der Waals surface area contributed by atoms with Gasteiger partial charge in [0.15, 0.2) is 5.16 Å². The molecule has 0 unspecified atom stereocenters. The van der Waals surface area contributed by atoms with Crippen LogP contribution in [0.15, 0.2) is 83.1 Å². The van der Waals surface area contributed by atoms with Crippen molar-refractivity contribution in [1.82, 2.24) is 15.0 Å². The number of carbonyl (C=O) groups is 1. The van der Waals surface area contributed by atoms with Crippen molar-refractivity contribution in [2.45, 2.75) is 17.6 Å². The van der Waals surface area contributed by atoms with E-state index in [9.17, 15) is 9.18 Å². The van der Waals surface area contributed by atoms with Gasteiger partial charge in [0.25, 0.3) is 5.91 Å². The molecule has 33 heavy (non-hydrogen) atoms. The molecule has 0 spiro atoms. The molecule has 0 bridgehead atoms. The fourth-order valence-corrected chi connectivity index (χ4v) is 4.57. The topological polar surface area (TPSA) is 70.6 Å². The van der Waals surface area contributed by atoms with Gasteiger partial charge in [0.2, 0.25) is 0 Å². The fraction of sp³-hybridized carbons (Fsp3) is 0.160. The predicted octanol–water partition coefficient (Wildman–Crippen LogP) is 5.18. The maximum absolute atomic E-state index is 13.5. The number of imidazole rings is 1. The van der Waals surface area contributed by atoms with Crippen LogP contribution >= 0.6 is 11.8 Å². The van der Waals surface area contributed by atoms with Gasteiger partial charge in [0, 0.05) is 6.42 Å². The van der Waals surface area contributed by atoms with Gasteiger partial charge in [-0.3, -0.25) is 4.79 Å². The zero-order valence-corrected chi connectivity index (χ0v) is 18.7. The van der Waals surface area contributed by atoms with E-state index in [1.165, 1.54) is 28.9 Å². The molecule has 8 heteroatoms. The third kappa shape index (κ3) is 4.47. The average Bonchev–Trinajstić information content (AvgIpc) is 3.48. The molecular formula is C25H21FN4O2S. The minimum Gasteiger partial charge on any atom is -0.497 e. The van der Waals surface area contributed by atoms with Crippen LogP contribution in [0, 0.1) is 5.82 Å². The van der Waals surface area contributed by atoms with E-state index in [1.54, 1.807) is 19.2 Å². The van der Waals surface area contributed by atoms with Gasteiger partial charge in [-0.2, -0.15) is 5.10 Å². The van der Waals surface area contributed by atoms with E-state index in [1.807, 2.05) is 48.5 Å². The number of amides is 1. The number of carbonyl (C=O) groups excluding carboxylic acids is 1. The monoisotopic (exact) mass is 460 g/mol. The molecule has 0 aliphatic carbocycles. The van der Waals surface area contributed by atoms with Crippen LogP contribution in [0.3, 0.4) is 0 Å². The maximum Gasteiger partial charge on any atom is 0.253 e. The van der Waals surface area contributed by atoms with E-state index in [-0.39, 0.29) is 23.5 Å². The number of hydrazone groups is 1. The molecule has 5 rings (SSSR count). The highest BCUT2D eigenvalue weighted by Gasteiger charge is 2.33. The number of hydrogen-bond donors (Lipinski definition) is 1. The Kier molecular flexibility index (Phi) is 5.83. The predicted molar refractivity (Wildman–Crippen MR) is 127 cm³/mol. The molecule has 1 N–H and O–H groups in total. The van der Waals surface area contributed by atoms with Gasteiger partial charge in [-0.25, -0.2) is 14.4 Å². The molecule has 0 saturated carbocycles. The number of aromatic nitrogens is 2. The first-order valence-corrected chi connectivity index (χ1v) is 11.5. The lowest BCUT2D eigenvalue weighted by atomic mass is 9.98. The van der Waals surface area contributed by atoms with E-state index < -0.39 is 0 Å². The Bertz CT molecular complexity index is 1290. The van der Waals surface area contributed by atoms with E-state index in [4.69, 9.17) is 4.74 Å². The number of nitrogens with one attached hydrogen (secondary N) is 1. The lowest BCUT2D eigenvalue weighted by Crippen LogP contribution is -2.28. The lowest BCUT2D eigenvalue weighted by molar-refractivity contribution is -0.130. The molecule has 1 aliphatic heterocycles. The van der Waals surface area contributed by atoms with Crippen molar-refractivity contribution in [1.29, 1.82) is 0 Å². The summed E-state index contributed by atoms with van der Waals surface area (Å²) in [7, 11) is 1.62. The summed E-state index contributed by atoms with van der Waals surface area (Å²) in [4.78, 5) is 21.0. The second kappa shape index (κ2) is 9.07. The first-order valence-electron chi connectivity index (χ1n) is 10.5. The largest absolute Gasteiger partial charge is 0.497 e. The highest BCUT2D eigenvalue weighted by atomic mass is 32.2.